The zero-order valence-electron chi connectivity index (χ0n) is 10.8. The Morgan fingerprint density at radius 1 is 1.21 bits per heavy atom. The van der Waals surface area contributed by atoms with Crippen molar-refractivity contribution in [3.63, 3.8) is 0 Å². The fraction of sp³-hybridized carbons (Fsp3) is 0.333. The number of hydrogen-bond donors (Lipinski definition) is 1. The summed E-state index contributed by atoms with van der Waals surface area (Å²) in [4.78, 5) is 6.95. The third-order valence-corrected chi connectivity index (χ3v) is 3.49. The molecule has 0 aliphatic carbocycles. The van der Waals surface area contributed by atoms with E-state index in [9.17, 15) is 5.26 Å². The number of aromatic nitrogens is 1. The van der Waals surface area contributed by atoms with Gasteiger partial charge in [0, 0.05) is 25.0 Å². The topological polar surface area (TPSA) is 52.0 Å². The molecule has 96 valence electrons. The summed E-state index contributed by atoms with van der Waals surface area (Å²) in [6.45, 7) is 3.95. The zero-order chi connectivity index (χ0) is 13.1. The van der Waals surface area contributed by atoms with Crippen molar-refractivity contribution >= 4 is 16.7 Å². The number of rotatable bonds is 1. The molecule has 0 atom stereocenters. The molecule has 0 amide bonds. The number of pyridine rings is 1. The molecule has 19 heavy (non-hydrogen) atoms. The van der Waals surface area contributed by atoms with Gasteiger partial charge in [-0.2, -0.15) is 5.26 Å². The van der Waals surface area contributed by atoms with Crippen molar-refractivity contribution in [1.82, 2.24) is 10.3 Å². The Kier molecular flexibility index (Phi) is 3.30. The molecule has 1 aromatic heterocycles. The first-order chi connectivity index (χ1) is 9.38. The number of para-hydroxylation sites is 1. The predicted molar refractivity (Wildman–Crippen MR) is 76.2 cm³/mol. The summed E-state index contributed by atoms with van der Waals surface area (Å²) in [6, 6.07) is 12.0. The molecule has 1 fully saturated rings. The summed E-state index contributed by atoms with van der Waals surface area (Å²) >= 11 is 0. The number of nitrogens with zero attached hydrogens (tertiary/aromatic N) is 3. The van der Waals surface area contributed by atoms with Gasteiger partial charge in [0.1, 0.15) is 5.82 Å². The van der Waals surface area contributed by atoms with Crippen molar-refractivity contribution < 1.29 is 0 Å². The highest BCUT2D eigenvalue weighted by Crippen LogP contribution is 2.22. The first-order valence-electron chi connectivity index (χ1n) is 6.64. The standard InChI is InChI=1S/C15H16N4/c16-11-12-10-15(19-8-3-6-17-7-9-19)18-14-5-2-1-4-13(12)14/h1-2,4-5,10,17H,3,6-9H2. The van der Waals surface area contributed by atoms with Crippen molar-refractivity contribution in [2.75, 3.05) is 31.1 Å². The third kappa shape index (κ3) is 2.38. The van der Waals surface area contributed by atoms with E-state index < -0.39 is 0 Å². The lowest BCUT2D eigenvalue weighted by molar-refractivity contribution is 0.724. The molecule has 2 heterocycles. The molecule has 0 radical (unpaired) electrons. The summed E-state index contributed by atoms with van der Waals surface area (Å²) in [5.41, 5.74) is 1.60. The molecule has 4 nitrogen and oxygen atoms in total. The number of benzene rings is 1. The van der Waals surface area contributed by atoms with Crippen LogP contribution in [0.5, 0.6) is 0 Å². The highest BCUT2D eigenvalue weighted by molar-refractivity contribution is 5.86. The van der Waals surface area contributed by atoms with Crippen LogP contribution < -0.4 is 10.2 Å². The SMILES string of the molecule is N#Cc1cc(N2CCCNCC2)nc2ccccc12. The minimum Gasteiger partial charge on any atom is -0.355 e. The van der Waals surface area contributed by atoms with E-state index in [1.165, 1.54) is 0 Å². The van der Waals surface area contributed by atoms with Crippen LogP contribution in [-0.2, 0) is 0 Å². The first-order valence-corrected chi connectivity index (χ1v) is 6.64. The molecule has 1 N–H and O–H groups in total. The van der Waals surface area contributed by atoms with Gasteiger partial charge in [-0.05, 0) is 25.1 Å². The zero-order valence-corrected chi connectivity index (χ0v) is 10.8. The van der Waals surface area contributed by atoms with Crippen LogP contribution in [0.4, 0.5) is 5.82 Å². The van der Waals surface area contributed by atoms with Crippen LogP contribution in [0.1, 0.15) is 12.0 Å². The fourth-order valence-electron chi connectivity index (χ4n) is 2.49. The Balaban J connectivity index is 2.06. The smallest absolute Gasteiger partial charge is 0.130 e. The Morgan fingerprint density at radius 2 is 2.11 bits per heavy atom. The van der Waals surface area contributed by atoms with Gasteiger partial charge in [-0.15, -0.1) is 0 Å². The predicted octanol–water partition coefficient (Wildman–Crippen LogP) is 1.91. The minimum atomic E-state index is 0.706. The lowest BCUT2D eigenvalue weighted by atomic mass is 10.1. The van der Waals surface area contributed by atoms with E-state index in [0.717, 1.165) is 49.3 Å². The van der Waals surface area contributed by atoms with Gasteiger partial charge >= 0.3 is 0 Å². The van der Waals surface area contributed by atoms with Crippen LogP contribution in [0.25, 0.3) is 10.9 Å². The van der Waals surface area contributed by atoms with Crippen LogP contribution in [0.3, 0.4) is 0 Å². The molecule has 4 heteroatoms. The Bertz CT molecular complexity index is 622. The second-order valence-corrected chi connectivity index (χ2v) is 4.75. The van der Waals surface area contributed by atoms with Gasteiger partial charge in [0.25, 0.3) is 0 Å². The average molecular weight is 252 g/mol. The van der Waals surface area contributed by atoms with Gasteiger partial charge < -0.3 is 10.2 Å². The first kappa shape index (κ1) is 11.9. The number of fused-ring (bicyclic) bond motifs is 1. The molecule has 0 bridgehead atoms. The number of hydrogen-bond acceptors (Lipinski definition) is 4. The van der Waals surface area contributed by atoms with Crippen LogP contribution in [0.15, 0.2) is 30.3 Å². The lowest BCUT2D eigenvalue weighted by Gasteiger charge is -2.21. The van der Waals surface area contributed by atoms with E-state index in [1.807, 2.05) is 30.3 Å². The highest BCUT2D eigenvalue weighted by Gasteiger charge is 2.13. The summed E-state index contributed by atoms with van der Waals surface area (Å²) < 4.78 is 0. The fourth-order valence-corrected chi connectivity index (χ4v) is 2.49. The summed E-state index contributed by atoms with van der Waals surface area (Å²) in [5.74, 6) is 0.916. The van der Waals surface area contributed by atoms with Gasteiger partial charge in [-0.3, -0.25) is 0 Å². The summed E-state index contributed by atoms with van der Waals surface area (Å²) in [7, 11) is 0. The van der Waals surface area contributed by atoms with Gasteiger partial charge in [0.2, 0.25) is 0 Å². The molecule has 1 aromatic carbocycles. The van der Waals surface area contributed by atoms with Gasteiger partial charge in [-0.1, -0.05) is 18.2 Å². The highest BCUT2D eigenvalue weighted by atomic mass is 15.2. The number of anilines is 1. The molecule has 0 unspecified atom stereocenters. The largest absolute Gasteiger partial charge is 0.355 e. The average Bonchev–Trinajstić information content (AvgIpc) is 2.75. The van der Waals surface area contributed by atoms with Crippen molar-refractivity contribution in [3.8, 4) is 6.07 Å². The Labute approximate surface area is 112 Å². The van der Waals surface area contributed by atoms with E-state index >= 15 is 0 Å². The molecule has 1 aliphatic rings. The number of nitrogens with one attached hydrogen (secondary N) is 1. The molecule has 0 saturated carbocycles. The summed E-state index contributed by atoms with van der Waals surface area (Å²) in [6.07, 6.45) is 1.11. The lowest BCUT2D eigenvalue weighted by Crippen LogP contribution is -2.28. The molecule has 0 spiro atoms. The van der Waals surface area contributed by atoms with E-state index in [0.29, 0.717) is 5.56 Å². The minimum absolute atomic E-state index is 0.706. The van der Waals surface area contributed by atoms with Crippen molar-refractivity contribution in [3.05, 3.63) is 35.9 Å². The maximum Gasteiger partial charge on any atom is 0.130 e. The van der Waals surface area contributed by atoms with Crippen LogP contribution in [-0.4, -0.2) is 31.2 Å². The quantitative estimate of drug-likeness (QED) is 0.842. The molecular formula is C15H16N4. The van der Waals surface area contributed by atoms with E-state index in [-0.39, 0.29) is 0 Å². The molecule has 1 saturated heterocycles. The van der Waals surface area contributed by atoms with Gasteiger partial charge in [0.05, 0.1) is 17.1 Å². The number of nitriles is 1. The Hall–Kier alpha value is -2.12. The summed E-state index contributed by atoms with van der Waals surface area (Å²) in [5, 5.41) is 13.6. The monoisotopic (exact) mass is 252 g/mol. The Morgan fingerprint density at radius 3 is 3.00 bits per heavy atom. The van der Waals surface area contributed by atoms with Gasteiger partial charge in [0.15, 0.2) is 0 Å². The second kappa shape index (κ2) is 5.25. The second-order valence-electron chi connectivity index (χ2n) is 4.75. The maximum atomic E-state index is 9.31. The molecule has 1 aliphatic heterocycles. The molecule has 3 rings (SSSR count). The van der Waals surface area contributed by atoms with Gasteiger partial charge in [-0.25, -0.2) is 4.98 Å². The van der Waals surface area contributed by atoms with Crippen LogP contribution >= 0.6 is 0 Å². The third-order valence-electron chi connectivity index (χ3n) is 3.49. The van der Waals surface area contributed by atoms with Crippen molar-refractivity contribution in [2.24, 2.45) is 0 Å². The van der Waals surface area contributed by atoms with E-state index in [2.05, 4.69) is 16.3 Å². The van der Waals surface area contributed by atoms with E-state index in [1.54, 1.807) is 0 Å². The van der Waals surface area contributed by atoms with E-state index in [4.69, 9.17) is 4.98 Å². The van der Waals surface area contributed by atoms with Crippen LogP contribution in [0, 0.1) is 11.3 Å². The van der Waals surface area contributed by atoms with Crippen LogP contribution in [0.2, 0.25) is 0 Å². The normalized spacial score (nSPS) is 16.1. The van der Waals surface area contributed by atoms with Crippen molar-refractivity contribution in [2.45, 2.75) is 6.42 Å². The molecular weight excluding hydrogens is 236 g/mol. The maximum absolute atomic E-state index is 9.31. The molecule has 2 aromatic rings. The van der Waals surface area contributed by atoms with Crippen molar-refractivity contribution in [1.29, 1.82) is 5.26 Å².